The van der Waals surface area contributed by atoms with Crippen molar-refractivity contribution in [3.05, 3.63) is 32.6 Å². The maximum atomic E-state index is 11.9. The van der Waals surface area contributed by atoms with Crippen LogP contribution in [0.3, 0.4) is 0 Å². The van der Waals surface area contributed by atoms with Crippen molar-refractivity contribution in [1.29, 1.82) is 0 Å². The Kier molecular flexibility index (Phi) is 4.35. The SMILES string of the molecule is Cc1csc(N2CCCN(c3cnn(C)c(=O)c3Cl)CC2)n1. The Morgan fingerprint density at radius 1 is 1.23 bits per heavy atom. The second-order valence-corrected chi connectivity index (χ2v) is 6.59. The number of rotatable bonds is 2. The number of hydrogen-bond acceptors (Lipinski definition) is 6. The molecule has 0 atom stereocenters. The van der Waals surface area contributed by atoms with Gasteiger partial charge in [0.2, 0.25) is 0 Å². The van der Waals surface area contributed by atoms with Gasteiger partial charge in [-0.2, -0.15) is 5.10 Å². The second-order valence-electron chi connectivity index (χ2n) is 5.37. The van der Waals surface area contributed by atoms with Crippen LogP contribution in [0.4, 0.5) is 10.8 Å². The van der Waals surface area contributed by atoms with Gasteiger partial charge in [-0.3, -0.25) is 4.79 Å². The lowest BCUT2D eigenvalue weighted by Crippen LogP contribution is -2.32. The van der Waals surface area contributed by atoms with E-state index in [1.165, 1.54) is 4.68 Å². The van der Waals surface area contributed by atoms with Crippen LogP contribution in [0.2, 0.25) is 5.02 Å². The number of nitrogens with zero attached hydrogens (tertiary/aromatic N) is 5. The first-order valence-electron chi connectivity index (χ1n) is 7.20. The molecule has 8 heteroatoms. The third-order valence-corrected chi connectivity index (χ3v) is 5.15. The Hall–Kier alpha value is -1.60. The fraction of sp³-hybridized carbons (Fsp3) is 0.500. The zero-order valence-corrected chi connectivity index (χ0v) is 14.2. The molecule has 22 heavy (non-hydrogen) atoms. The third-order valence-electron chi connectivity index (χ3n) is 3.77. The number of thiazole rings is 1. The molecule has 0 aliphatic carbocycles. The van der Waals surface area contributed by atoms with E-state index in [-0.39, 0.29) is 10.6 Å². The largest absolute Gasteiger partial charge is 0.367 e. The summed E-state index contributed by atoms with van der Waals surface area (Å²) in [6, 6.07) is 0. The molecule has 1 fully saturated rings. The van der Waals surface area contributed by atoms with Crippen LogP contribution in [0, 0.1) is 6.92 Å². The summed E-state index contributed by atoms with van der Waals surface area (Å²) in [7, 11) is 1.60. The summed E-state index contributed by atoms with van der Waals surface area (Å²) in [5.41, 5.74) is 1.53. The minimum atomic E-state index is -0.254. The van der Waals surface area contributed by atoms with Gasteiger partial charge in [0.1, 0.15) is 5.02 Å². The van der Waals surface area contributed by atoms with Gasteiger partial charge in [0.05, 0.1) is 17.6 Å². The van der Waals surface area contributed by atoms with Crippen LogP contribution in [0.1, 0.15) is 12.1 Å². The molecule has 0 spiro atoms. The zero-order chi connectivity index (χ0) is 15.7. The molecule has 0 aromatic carbocycles. The van der Waals surface area contributed by atoms with Gasteiger partial charge < -0.3 is 9.80 Å². The van der Waals surface area contributed by atoms with E-state index in [1.54, 1.807) is 24.6 Å². The molecule has 1 aliphatic heterocycles. The lowest BCUT2D eigenvalue weighted by atomic mass is 10.3. The summed E-state index contributed by atoms with van der Waals surface area (Å²) in [6.07, 6.45) is 2.66. The lowest BCUT2D eigenvalue weighted by molar-refractivity contribution is 0.699. The van der Waals surface area contributed by atoms with Gasteiger partial charge >= 0.3 is 0 Å². The molecule has 3 heterocycles. The minimum absolute atomic E-state index is 0.246. The van der Waals surface area contributed by atoms with E-state index in [0.29, 0.717) is 0 Å². The highest BCUT2D eigenvalue weighted by atomic mass is 35.5. The molecule has 3 rings (SSSR count). The quantitative estimate of drug-likeness (QED) is 0.836. The maximum Gasteiger partial charge on any atom is 0.287 e. The molecule has 0 bridgehead atoms. The van der Waals surface area contributed by atoms with E-state index in [0.717, 1.165) is 49.1 Å². The Balaban J connectivity index is 1.78. The first-order valence-corrected chi connectivity index (χ1v) is 8.46. The van der Waals surface area contributed by atoms with Gasteiger partial charge in [0, 0.05) is 38.6 Å². The van der Waals surface area contributed by atoms with E-state index in [4.69, 9.17) is 11.6 Å². The zero-order valence-electron chi connectivity index (χ0n) is 12.6. The summed E-state index contributed by atoms with van der Waals surface area (Å²) in [5.74, 6) is 0. The molecule has 118 valence electrons. The Morgan fingerprint density at radius 3 is 2.68 bits per heavy atom. The molecule has 0 unspecified atom stereocenters. The average Bonchev–Trinajstić information content (AvgIpc) is 2.79. The van der Waals surface area contributed by atoms with Crippen molar-refractivity contribution in [1.82, 2.24) is 14.8 Å². The normalized spacial score (nSPS) is 16.0. The van der Waals surface area contributed by atoms with Crippen LogP contribution in [0.25, 0.3) is 0 Å². The fourth-order valence-electron chi connectivity index (χ4n) is 2.56. The molecular formula is C14H18ClN5OS. The predicted molar refractivity (Wildman–Crippen MR) is 90.4 cm³/mol. The molecular weight excluding hydrogens is 322 g/mol. The van der Waals surface area contributed by atoms with Crippen molar-refractivity contribution in [3.63, 3.8) is 0 Å². The van der Waals surface area contributed by atoms with E-state index in [9.17, 15) is 4.79 Å². The smallest absolute Gasteiger partial charge is 0.287 e. The number of aryl methyl sites for hydroxylation is 2. The fourth-order valence-corrected chi connectivity index (χ4v) is 3.71. The summed E-state index contributed by atoms with van der Waals surface area (Å²) >= 11 is 7.88. The number of aromatic nitrogens is 3. The number of hydrogen-bond donors (Lipinski definition) is 0. The average molecular weight is 340 g/mol. The highest BCUT2D eigenvalue weighted by Crippen LogP contribution is 2.25. The van der Waals surface area contributed by atoms with Crippen LogP contribution in [0.5, 0.6) is 0 Å². The summed E-state index contributed by atoms with van der Waals surface area (Å²) in [6.45, 7) is 5.48. The molecule has 0 amide bonds. The van der Waals surface area contributed by atoms with Gasteiger partial charge in [0.25, 0.3) is 5.56 Å². The standard InChI is InChI=1S/C14H18ClN5OS/c1-10-9-22-14(17-10)20-5-3-4-19(6-7-20)11-8-16-18(2)13(21)12(11)15/h8-9H,3-7H2,1-2H3. The van der Waals surface area contributed by atoms with Crippen molar-refractivity contribution >= 4 is 33.8 Å². The molecule has 1 saturated heterocycles. The van der Waals surface area contributed by atoms with Crippen LogP contribution < -0.4 is 15.4 Å². The van der Waals surface area contributed by atoms with Crippen LogP contribution in [-0.2, 0) is 7.05 Å². The van der Waals surface area contributed by atoms with Gasteiger partial charge in [-0.05, 0) is 13.3 Å². The van der Waals surface area contributed by atoms with E-state index in [2.05, 4.69) is 25.3 Å². The highest BCUT2D eigenvalue weighted by molar-refractivity contribution is 7.13. The van der Waals surface area contributed by atoms with E-state index >= 15 is 0 Å². The molecule has 0 N–H and O–H groups in total. The summed E-state index contributed by atoms with van der Waals surface area (Å²) < 4.78 is 1.26. The predicted octanol–water partition coefficient (Wildman–Crippen LogP) is 1.92. The van der Waals surface area contributed by atoms with E-state index < -0.39 is 0 Å². The number of halogens is 1. The van der Waals surface area contributed by atoms with Crippen molar-refractivity contribution < 1.29 is 0 Å². The maximum absolute atomic E-state index is 11.9. The van der Waals surface area contributed by atoms with Crippen LogP contribution in [0.15, 0.2) is 16.4 Å². The molecule has 6 nitrogen and oxygen atoms in total. The second kappa shape index (κ2) is 6.26. The number of anilines is 2. The van der Waals surface area contributed by atoms with Gasteiger partial charge in [-0.25, -0.2) is 9.67 Å². The molecule has 0 saturated carbocycles. The van der Waals surface area contributed by atoms with E-state index in [1.807, 2.05) is 6.92 Å². The minimum Gasteiger partial charge on any atom is -0.367 e. The van der Waals surface area contributed by atoms with Crippen molar-refractivity contribution in [2.45, 2.75) is 13.3 Å². The first-order chi connectivity index (χ1) is 10.6. The Bertz CT molecular complexity index is 728. The van der Waals surface area contributed by atoms with Crippen molar-refractivity contribution in [2.24, 2.45) is 7.05 Å². The topological polar surface area (TPSA) is 54.3 Å². The van der Waals surface area contributed by atoms with Gasteiger partial charge in [0.15, 0.2) is 5.13 Å². The van der Waals surface area contributed by atoms with Crippen LogP contribution >= 0.6 is 22.9 Å². The molecule has 2 aromatic heterocycles. The highest BCUT2D eigenvalue weighted by Gasteiger charge is 2.20. The summed E-state index contributed by atoms with van der Waals surface area (Å²) in [4.78, 5) is 20.9. The monoisotopic (exact) mass is 339 g/mol. The van der Waals surface area contributed by atoms with Gasteiger partial charge in [-0.15, -0.1) is 11.3 Å². The summed E-state index contributed by atoms with van der Waals surface area (Å²) in [5, 5.41) is 7.46. The van der Waals surface area contributed by atoms with Crippen LogP contribution in [-0.4, -0.2) is 40.9 Å². The van der Waals surface area contributed by atoms with Crippen molar-refractivity contribution in [2.75, 3.05) is 36.0 Å². The Morgan fingerprint density at radius 2 is 1.95 bits per heavy atom. The molecule has 0 radical (unpaired) electrons. The third kappa shape index (κ3) is 2.96. The first kappa shape index (κ1) is 15.3. The van der Waals surface area contributed by atoms with Crippen molar-refractivity contribution in [3.8, 4) is 0 Å². The Labute approximate surface area is 137 Å². The van der Waals surface area contributed by atoms with Gasteiger partial charge in [-0.1, -0.05) is 11.6 Å². The molecule has 2 aromatic rings. The lowest BCUT2D eigenvalue weighted by Gasteiger charge is -2.23. The molecule has 1 aliphatic rings.